The summed E-state index contributed by atoms with van der Waals surface area (Å²) in [7, 11) is 0. The first-order valence-corrected chi connectivity index (χ1v) is 3.17. The Morgan fingerprint density at radius 3 is 2.60 bits per heavy atom. The standard InChI is InChI=1S/C8H11NO/c1-7(2)10-8-3-5-9-6-4-8/h3-7H,1-2H3/i7D. The van der Waals surface area contributed by atoms with Crippen LogP contribution >= 0.6 is 0 Å². The lowest BCUT2D eigenvalue weighted by molar-refractivity contribution is 0.242. The van der Waals surface area contributed by atoms with Gasteiger partial charge in [-0.3, -0.25) is 4.98 Å². The van der Waals surface area contributed by atoms with Crippen LogP contribution in [-0.4, -0.2) is 11.1 Å². The van der Waals surface area contributed by atoms with Crippen molar-refractivity contribution in [3.8, 4) is 5.75 Å². The minimum Gasteiger partial charge on any atom is -0.491 e. The molecular formula is C8H11NO. The van der Waals surface area contributed by atoms with Gasteiger partial charge in [0.15, 0.2) is 0 Å². The lowest BCUT2D eigenvalue weighted by Crippen LogP contribution is -2.04. The Morgan fingerprint density at radius 1 is 1.50 bits per heavy atom. The zero-order chi connectivity index (χ0) is 8.32. The highest BCUT2D eigenvalue weighted by Crippen LogP contribution is 2.08. The van der Waals surface area contributed by atoms with Crippen molar-refractivity contribution in [2.45, 2.75) is 19.9 Å². The monoisotopic (exact) mass is 138 g/mol. The second-order valence-corrected chi connectivity index (χ2v) is 2.19. The lowest BCUT2D eigenvalue weighted by Gasteiger charge is -2.07. The molecule has 0 aliphatic carbocycles. The lowest BCUT2D eigenvalue weighted by atomic mass is 10.4. The molecule has 1 aromatic rings. The predicted molar refractivity (Wildman–Crippen MR) is 40.0 cm³/mol. The molecule has 0 saturated carbocycles. The maximum absolute atomic E-state index is 7.43. The quantitative estimate of drug-likeness (QED) is 0.622. The van der Waals surface area contributed by atoms with E-state index in [1.807, 2.05) is 0 Å². The van der Waals surface area contributed by atoms with Gasteiger partial charge in [-0.1, -0.05) is 0 Å². The first kappa shape index (κ1) is 5.71. The van der Waals surface area contributed by atoms with E-state index in [1.165, 1.54) is 0 Å². The number of ether oxygens (including phenoxy) is 1. The van der Waals surface area contributed by atoms with Crippen LogP contribution in [0, 0.1) is 0 Å². The van der Waals surface area contributed by atoms with E-state index in [9.17, 15) is 0 Å². The van der Waals surface area contributed by atoms with Crippen molar-refractivity contribution in [1.29, 1.82) is 0 Å². The van der Waals surface area contributed by atoms with Crippen molar-refractivity contribution in [3.63, 3.8) is 0 Å². The third kappa shape index (κ3) is 2.05. The van der Waals surface area contributed by atoms with E-state index in [2.05, 4.69) is 4.98 Å². The van der Waals surface area contributed by atoms with Crippen molar-refractivity contribution < 1.29 is 6.11 Å². The summed E-state index contributed by atoms with van der Waals surface area (Å²) >= 11 is 0. The van der Waals surface area contributed by atoms with Crippen molar-refractivity contribution in [2.24, 2.45) is 0 Å². The Morgan fingerprint density at radius 2 is 2.10 bits per heavy atom. The molecule has 2 heteroatoms. The first-order valence-electron chi connectivity index (χ1n) is 3.67. The van der Waals surface area contributed by atoms with E-state index in [-0.39, 0.29) is 0 Å². The topological polar surface area (TPSA) is 22.1 Å². The second kappa shape index (κ2) is 3.20. The van der Waals surface area contributed by atoms with Crippen molar-refractivity contribution in [3.05, 3.63) is 24.5 Å². The molecule has 0 radical (unpaired) electrons. The number of pyridine rings is 1. The summed E-state index contributed by atoms with van der Waals surface area (Å²) in [5.74, 6) is 0.681. The van der Waals surface area contributed by atoms with E-state index in [0.717, 1.165) is 0 Å². The number of rotatable bonds is 2. The van der Waals surface area contributed by atoms with E-state index < -0.39 is 6.08 Å². The Bertz CT molecular complexity index is 217. The summed E-state index contributed by atoms with van der Waals surface area (Å²) in [5.41, 5.74) is 0. The van der Waals surface area contributed by atoms with Crippen molar-refractivity contribution in [1.82, 2.24) is 4.98 Å². The van der Waals surface area contributed by atoms with Crippen LogP contribution in [0.3, 0.4) is 0 Å². The van der Waals surface area contributed by atoms with Gasteiger partial charge in [0.05, 0.1) is 7.45 Å². The fourth-order valence-corrected chi connectivity index (χ4v) is 0.642. The van der Waals surface area contributed by atoms with E-state index >= 15 is 0 Å². The number of nitrogens with zero attached hydrogens (tertiary/aromatic N) is 1. The predicted octanol–water partition coefficient (Wildman–Crippen LogP) is 1.87. The summed E-state index contributed by atoms with van der Waals surface area (Å²) in [4.78, 5) is 3.83. The van der Waals surface area contributed by atoms with E-state index in [0.29, 0.717) is 5.75 Å². The molecule has 1 rings (SSSR count). The SMILES string of the molecule is [2H]C(C)(C)Oc1ccncc1. The highest BCUT2D eigenvalue weighted by atomic mass is 16.5. The van der Waals surface area contributed by atoms with E-state index in [4.69, 9.17) is 6.11 Å². The van der Waals surface area contributed by atoms with Gasteiger partial charge in [0.2, 0.25) is 0 Å². The van der Waals surface area contributed by atoms with Crippen LogP contribution in [0.15, 0.2) is 24.5 Å². The van der Waals surface area contributed by atoms with Gasteiger partial charge in [-0.25, -0.2) is 0 Å². The smallest absolute Gasteiger partial charge is 0.122 e. The number of hydrogen-bond acceptors (Lipinski definition) is 2. The summed E-state index contributed by atoms with van der Waals surface area (Å²) in [6.45, 7) is 3.38. The van der Waals surface area contributed by atoms with Crippen molar-refractivity contribution in [2.75, 3.05) is 0 Å². The van der Waals surface area contributed by atoms with Gasteiger partial charge in [-0.15, -0.1) is 0 Å². The molecule has 0 unspecified atom stereocenters. The maximum atomic E-state index is 7.43. The van der Waals surface area contributed by atoms with Crippen LogP contribution in [0.4, 0.5) is 0 Å². The third-order valence-corrected chi connectivity index (χ3v) is 0.972. The first-order chi connectivity index (χ1) is 5.08. The zero-order valence-electron chi connectivity index (χ0n) is 7.16. The molecule has 1 aromatic heterocycles. The van der Waals surface area contributed by atoms with Gasteiger partial charge in [0, 0.05) is 12.4 Å². The van der Waals surface area contributed by atoms with Gasteiger partial charge in [0.1, 0.15) is 5.75 Å². The molecule has 0 aliphatic heterocycles. The summed E-state index contributed by atoms with van der Waals surface area (Å²) in [5, 5.41) is 0. The molecule has 10 heavy (non-hydrogen) atoms. The molecule has 0 aliphatic rings. The minimum absolute atomic E-state index is 0.681. The Hall–Kier alpha value is -1.05. The maximum Gasteiger partial charge on any atom is 0.122 e. The van der Waals surface area contributed by atoms with Gasteiger partial charge < -0.3 is 4.74 Å². The van der Waals surface area contributed by atoms with Gasteiger partial charge in [-0.2, -0.15) is 0 Å². The third-order valence-electron chi connectivity index (χ3n) is 0.972. The Labute approximate surface area is 62.3 Å². The van der Waals surface area contributed by atoms with Gasteiger partial charge in [-0.05, 0) is 26.0 Å². The molecule has 0 aromatic carbocycles. The van der Waals surface area contributed by atoms with Crippen LogP contribution in [0.5, 0.6) is 5.75 Å². The molecule has 54 valence electrons. The van der Waals surface area contributed by atoms with E-state index in [1.54, 1.807) is 38.4 Å². The largest absolute Gasteiger partial charge is 0.491 e. The molecule has 0 saturated heterocycles. The van der Waals surface area contributed by atoms with Crippen LogP contribution in [0.25, 0.3) is 0 Å². The average Bonchev–Trinajstić information content (AvgIpc) is 1.85. The zero-order valence-corrected chi connectivity index (χ0v) is 6.16. The fraction of sp³-hybridized carbons (Fsp3) is 0.375. The average molecular weight is 138 g/mol. The molecule has 2 nitrogen and oxygen atoms in total. The van der Waals surface area contributed by atoms with Gasteiger partial charge in [0.25, 0.3) is 0 Å². The van der Waals surface area contributed by atoms with Crippen LogP contribution in [-0.2, 0) is 0 Å². The molecule has 0 bridgehead atoms. The molecule has 0 N–H and O–H groups in total. The Balaban J connectivity index is 2.66. The molecule has 0 spiro atoms. The van der Waals surface area contributed by atoms with Gasteiger partial charge >= 0.3 is 0 Å². The molecule has 1 heterocycles. The highest BCUT2D eigenvalue weighted by molar-refractivity contribution is 5.16. The summed E-state index contributed by atoms with van der Waals surface area (Å²) in [6, 6.07) is 3.46. The van der Waals surface area contributed by atoms with Crippen LogP contribution < -0.4 is 4.74 Å². The molecule has 0 atom stereocenters. The van der Waals surface area contributed by atoms with Crippen LogP contribution in [0.1, 0.15) is 15.2 Å². The highest BCUT2D eigenvalue weighted by Gasteiger charge is 1.93. The Kier molecular flexibility index (Phi) is 1.83. The minimum atomic E-state index is -0.874. The van der Waals surface area contributed by atoms with Crippen LogP contribution in [0.2, 0.25) is 0 Å². The molecule has 0 amide bonds. The second-order valence-electron chi connectivity index (χ2n) is 2.19. The normalized spacial score (nSPS) is 12.4. The molecule has 0 fully saturated rings. The fourth-order valence-electron chi connectivity index (χ4n) is 0.642. The summed E-state index contributed by atoms with van der Waals surface area (Å²) < 4.78 is 12.7. The number of hydrogen-bond donors (Lipinski definition) is 0. The molecular weight excluding hydrogens is 126 g/mol. The van der Waals surface area contributed by atoms with Crippen molar-refractivity contribution >= 4 is 0 Å². The summed E-state index contributed by atoms with van der Waals surface area (Å²) in [6.07, 6.45) is 2.41. The number of aromatic nitrogens is 1.